The summed E-state index contributed by atoms with van der Waals surface area (Å²) in [6.45, 7) is 4.43. The Balaban J connectivity index is 1.70. The van der Waals surface area contributed by atoms with Gasteiger partial charge in [-0.05, 0) is 36.6 Å². The van der Waals surface area contributed by atoms with Crippen molar-refractivity contribution in [1.29, 1.82) is 0 Å². The van der Waals surface area contributed by atoms with E-state index >= 15 is 0 Å². The third-order valence-electron chi connectivity index (χ3n) is 4.90. The lowest BCUT2D eigenvalue weighted by Crippen LogP contribution is -2.35. The average molecular weight is 372 g/mol. The highest BCUT2D eigenvalue weighted by atomic mass is 16.5. The molecule has 0 saturated heterocycles. The van der Waals surface area contributed by atoms with Crippen molar-refractivity contribution in [1.82, 2.24) is 5.32 Å². The third kappa shape index (κ3) is 5.19. The van der Waals surface area contributed by atoms with E-state index in [1.165, 1.54) is 16.7 Å². The zero-order valence-corrected chi connectivity index (χ0v) is 16.6. The molecule has 0 aliphatic rings. The molecule has 0 aliphatic carbocycles. The highest BCUT2D eigenvalue weighted by Crippen LogP contribution is 2.36. The molecule has 0 saturated carbocycles. The second-order valence-corrected chi connectivity index (χ2v) is 6.76. The smallest absolute Gasteiger partial charge is 0.119 e. The molecular formula is C26H29NO. The SMILES string of the molecule is CCOC(CCNCC=Cc1ccccc1)(c1ccccc1)c1ccccc1. The Bertz CT molecular complexity index is 789. The van der Waals surface area contributed by atoms with Gasteiger partial charge in [0.1, 0.15) is 5.60 Å². The van der Waals surface area contributed by atoms with E-state index in [-0.39, 0.29) is 0 Å². The van der Waals surface area contributed by atoms with Crippen molar-refractivity contribution in [3.05, 3.63) is 114 Å². The van der Waals surface area contributed by atoms with Crippen molar-refractivity contribution < 1.29 is 4.74 Å². The van der Waals surface area contributed by atoms with Crippen LogP contribution in [0.15, 0.2) is 97.1 Å². The fraction of sp³-hybridized carbons (Fsp3) is 0.231. The highest BCUT2D eigenvalue weighted by molar-refractivity contribution is 5.48. The van der Waals surface area contributed by atoms with Crippen molar-refractivity contribution in [2.45, 2.75) is 18.9 Å². The van der Waals surface area contributed by atoms with Gasteiger partial charge in [0.2, 0.25) is 0 Å². The number of nitrogens with one attached hydrogen (secondary N) is 1. The quantitative estimate of drug-likeness (QED) is 0.464. The van der Waals surface area contributed by atoms with Crippen LogP contribution in [0.1, 0.15) is 30.0 Å². The molecule has 2 heteroatoms. The minimum atomic E-state index is -0.437. The molecule has 2 nitrogen and oxygen atoms in total. The molecule has 3 aromatic carbocycles. The lowest BCUT2D eigenvalue weighted by molar-refractivity contribution is -0.0171. The standard InChI is InChI=1S/C26H29NO/c1-2-28-26(24-16-8-4-9-17-24,25-18-10-5-11-19-25)20-22-27-21-12-15-23-13-6-3-7-14-23/h3-19,27H,2,20-22H2,1H3. The van der Waals surface area contributed by atoms with Gasteiger partial charge in [0.15, 0.2) is 0 Å². The third-order valence-corrected chi connectivity index (χ3v) is 4.90. The molecule has 3 aromatic rings. The molecule has 0 heterocycles. The van der Waals surface area contributed by atoms with Gasteiger partial charge in [0.25, 0.3) is 0 Å². The van der Waals surface area contributed by atoms with Gasteiger partial charge in [-0.25, -0.2) is 0 Å². The maximum atomic E-state index is 6.42. The average Bonchev–Trinajstić information content (AvgIpc) is 2.77. The molecule has 0 aromatic heterocycles. The van der Waals surface area contributed by atoms with E-state index in [4.69, 9.17) is 4.74 Å². The van der Waals surface area contributed by atoms with E-state index in [0.29, 0.717) is 6.61 Å². The fourth-order valence-electron chi connectivity index (χ4n) is 3.56. The van der Waals surface area contributed by atoms with Crippen LogP contribution < -0.4 is 5.32 Å². The molecule has 3 rings (SSSR count). The van der Waals surface area contributed by atoms with E-state index in [0.717, 1.165) is 19.5 Å². The molecule has 0 unspecified atom stereocenters. The number of hydrogen-bond donors (Lipinski definition) is 1. The van der Waals surface area contributed by atoms with E-state index in [1.54, 1.807) is 0 Å². The fourth-order valence-corrected chi connectivity index (χ4v) is 3.56. The van der Waals surface area contributed by atoms with Crippen molar-refractivity contribution in [3.8, 4) is 0 Å². The number of hydrogen-bond acceptors (Lipinski definition) is 2. The van der Waals surface area contributed by atoms with Crippen LogP contribution >= 0.6 is 0 Å². The van der Waals surface area contributed by atoms with Gasteiger partial charge in [-0.3, -0.25) is 0 Å². The van der Waals surface area contributed by atoms with Gasteiger partial charge in [-0.15, -0.1) is 0 Å². The number of rotatable bonds is 10. The van der Waals surface area contributed by atoms with Crippen LogP contribution in [0.4, 0.5) is 0 Å². The normalized spacial score (nSPS) is 11.8. The van der Waals surface area contributed by atoms with Crippen LogP contribution in [0, 0.1) is 0 Å². The Morgan fingerprint density at radius 1 is 0.786 bits per heavy atom. The molecule has 0 atom stereocenters. The minimum Gasteiger partial charge on any atom is -0.366 e. The van der Waals surface area contributed by atoms with Crippen molar-refractivity contribution in [2.75, 3.05) is 19.7 Å². The van der Waals surface area contributed by atoms with Crippen LogP contribution in [-0.4, -0.2) is 19.7 Å². The highest BCUT2D eigenvalue weighted by Gasteiger charge is 2.34. The summed E-state index contributed by atoms with van der Waals surface area (Å²) in [6, 6.07) is 31.5. The van der Waals surface area contributed by atoms with Crippen LogP contribution in [0.3, 0.4) is 0 Å². The Hall–Kier alpha value is -2.68. The lowest BCUT2D eigenvalue weighted by atomic mass is 9.83. The van der Waals surface area contributed by atoms with Gasteiger partial charge in [0.05, 0.1) is 0 Å². The molecule has 0 radical (unpaired) electrons. The maximum Gasteiger partial charge on any atom is 0.119 e. The number of benzene rings is 3. The van der Waals surface area contributed by atoms with Crippen LogP contribution in [0.25, 0.3) is 6.08 Å². The zero-order valence-electron chi connectivity index (χ0n) is 16.6. The first kappa shape index (κ1) is 20.1. The van der Waals surface area contributed by atoms with Gasteiger partial charge < -0.3 is 10.1 Å². The predicted molar refractivity (Wildman–Crippen MR) is 118 cm³/mol. The van der Waals surface area contributed by atoms with Crippen LogP contribution in [-0.2, 0) is 10.3 Å². The van der Waals surface area contributed by atoms with Gasteiger partial charge in [0, 0.05) is 13.2 Å². The van der Waals surface area contributed by atoms with Crippen molar-refractivity contribution in [3.63, 3.8) is 0 Å². The van der Waals surface area contributed by atoms with Gasteiger partial charge in [-0.1, -0.05) is 103 Å². The maximum absolute atomic E-state index is 6.42. The summed E-state index contributed by atoms with van der Waals surface area (Å²) in [5.74, 6) is 0. The Morgan fingerprint density at radius 2 is 1.32 bits per heavy atom. The molecular weight excluding hydrogens is 342 g/mol. The van der Waals surface area contributed by atoms with E-state index in [9.17, 15) is 0 Å². The first-order valence-electron chi connectivity index (χ1n) is 10.0. The van der Waals surface area contributed by atoms with Gasteiger partial charge in [-0.2, -0.15) is 0 Å². The summed E-state index contributed by atoms with van der Waals surface area (Å²) >= 11 is 0. The largest absolute Gasteiger partial charge is 0.366 e. The molecule has 0 amide bonds. The molecule has 144 valence electrons. The summed E-state index contributed by atoms with van der Waals surface area (Å²) in [7, 11) is 0. The van der Waals surface area contributed by atoms with Crippen molar-refractivity contribution in [2.24, 2.45) is 0 Å². The molecule has 0 fully saturated rings. The van der Waals surface area contributed by atoms with E-state index < -0.39 is 5.60 Å². The summed E-state index contributed by atoms with van der Waals surface area (Å²) < 4.78 is 6.42. The monoisotopic (exact) mass is 371 g/mol. The number of ether oxygens (including phenoxy) is 1. The molecule has 0 spiro atoms. The summed E-state index contributed by atoms with van der Waals surface area (Å²) in [5, 5.41) is 3.54. The van der Waals surface area contributed by atoms with Crippen molar-refractivity contribution >= 4 is 6.08 Å². The predicted octanol–water partition coefficient (Wildman–Crippen LogP) is 5.66. The molecule has 0 bridgehead atoms. The summed E-state index contributed by atoms with van der Waals surface area (Å²) in [5.41, 5.74) is 3.18. The van der Waals surface area contributed by atoms with Crippen LogP contribution in [0.5, 0.6) is 0 Å². The van der Waals surface area contributed by atoms with E-state index in [2.05, 4.69) is 109 Å². The van der Waals surface area contributed by atoms with E-state index in [1.807, 2.05) is 6.07 Å². The summed E-state index contributed by atoms with van der Waals surface area (Å²) in [6.07, 6.45) is 5.19. The molecule has 0 aliphatic heterocycles. The second-order valence-electron chi connectivity index (χ2n) is 6.76. The molecule has 1 N–H and O–H groups in total. The Kier molecular flexibility index (Phi) is 7.60. The lowest BCUT2D eigenvalue weighted by Gasteiger charge is -2.35. The first-order chi connectivity index (χ1) is 13.8. The van der Waals surface area contributed by atoms with Crippen LogP contribution in [0.2, 0.25) is 0 Å². The summed E-state index contributed by atoms with van der Waals surface area (Å²) in [4.78, 5) is 0. The second kappa shape index (κ2) is 10.6. The molecule has 28 heavy (non-hydrogen) atoms. The Morgan fingerprint density at radius 3 is 1.86 bits per heavy atom. The van der Waals surface area contributed by atoms with Gasteiger partial charge >= 0.3 is 0 Å². The first-order valence-corrected chi connectivity index (χ1v) is 10.0. The minimum absolute atomic E-state index is 0.437. The zero-order chi connectivity index (χ0) is 19.5. The Labute approximate surface area is 168 Å². The topological polar surface area (TPSA) is 21.3 Å².